The second-order valence-corrected chi connectivity index (χ2v) is 16.8. The normalized spacial score (nSPS) is 23.7. The zero-order valence-electron chi connectivity index (χ0n) is 28.4. The Morgan fingerprint density at radius 1 is 1.17 bits per heavy atom. The van der Waals surface area contributed by atoms with Gasteiger partial charge in [-0.2, -0.15) is 0 Å². The molecular formula is C30H42F2N8O5S2. The van der Waals surface area contributed by atoms with E-state index in [-0.39, 0.29) is 53.1 Å². The molecule has 17 heteroatoms. The Balaban J connectivity index is 1.51. The number of halogens is 2. The van der Waals surface area contributed by atoms with Crippen molar-refractivity contribution in [3.63, 3.8) is 0 Å². The summed E-state index contributed by atoms with van der Waals surface area (Å²) in [6.07, 6.45) is -2.21. The average molecular weight is 698 g/mol. The molecule has 1 aromatic carbocycles. The predicted molar refractivity (Wildman–Crippen MR) is 173 cm³/mol. The van der Waals surface area contributed by atoms with Gasteiger partial charge in [0.05, 0.1) is 22.9 Å². The molecule has 0 bridgehead atoms. The van der Waals surface area contributed by atoms with E-state index in [0.717, 1.165) is 0 Å². The standard InChI is InChI=1S/C30H42F2N8O5S2/c1-28(2)17-18(7-10-37(28)6)45-24-22-20(38-11-13-39(14-12-38)26(41)29(3,4)42)15-19(47(43,44)36-30(5)8-9-30)16-21(22)40(35-24)27-34-33-25(46-27)23(31)32/h15-16,18,23,36,42H,7-14,17H2,1-6H3/i18D. The Morgan fingerprint density at radius 2 is 1.85 bits per heavy atom. The number of anilines is 1. The van der Waals surface area contributed by atoms with Crippen molar-refractivity contribution in [3.05, 3.63) is 17.1 Å². The molecule has 1 amide bonds. The molecule has 2 aromatic heterocycles. The summed E-state index contributed by atoms with van der Waals surface area (Å²) in [5.41, 5.74) is -1.84. The SMILES string of the molecule is [2H]C1(Oc2nn(-c3nnc(C(F)F)s3)c3cc(S(=O)(=O)NC4(C)CC4)cc(N4CCN(C(=O)C(C)(C)O)CC4)c23)CCN(C)C(C)(C)C1. The van der Waals surface area contributed by atoms with Crippen LogP contribution in [0.4, 0.5) is 14.5 Å². The average Bonchev–Trinajstić information content (AvgIpc) is 3.36. The molecule has 13 nitrogen and oxygen atoms in total. The largest absolute Gasteiger partial charge is 0.473 e. The van der Waals surface area contributed by atoms with Gasteiger partial charge in [-0.25, -0.2) is 26.6 Å². The second kappa shape index (κ2) is 11.9. The van der Waals surface area contributed by atoms with Crippen LogP contribution in [0.5, 0.6) is 5.88 Å². The van der Waals surface area contributed by atoms with Crippen LogP contribution >= 0.6 is 11.3 Å². The highest BCUT2D eigenvalue weighted by atomic mass is 32.2. The Labute approximate surface area is 278 Å². The number of piperidine rings is 1. The molecule has 6 rings (SSSR count). The monoisotopic (exact) mass is 697 g/mol. The number of hydrogen-bond donors (Lipinski definition) is 2. The number of ether oxygens (including phenoxy) is 1. The predicted octanol–water partition coefficient (Wildman–Crippen LogP) is 3.32. The molecule has 1 saturated carbocycles. The fourth-order valence-electron chi connectivity index (χ4n) is 5.92. The second-order valence-electron chi connectivity index (χ2n) is 14.1. The third-order valence-electron chi connectivity index (χ3n) is 9.25. The van der Waals surface area contributed by atoms with Crippen molar-refractivity contribution in [2.75, 3.05) is 44.7 Å². The number of hydrogen-bond acceptors (Lipinski definition) is 11. The zero-order chi connectivity index (χ0) is 35.0. The number of carbonyl (C=O) groups is 1. The van der Waals surface area contributed by atoms with E-state index in [1.807, 2.05) is 32.7 Å². The molecule has 2 saturated heterocycles. The number of alkyl halides is 2. The van der Waals surface area contributed by atoms with Crippen molar-refractivity contribution in [2.45, 2.75) is 94.4 Å². The van der Waals surface area contributed by atoms with Crippen molar-refractivity contribution >= 4 is 43.9 Å². The summed E-state index contributed by atoms with van der Waals surface area (Å²) in [7, 11) is -2.08. The topological polar surface area (TPSA) is 146 Å². The van der Waals surface area contributed by atoms with E-state index in [4.69, 9.17) is 4.74 Å². The van der Waals surface area contributed by atoms with Gasteiger partial charge in [0, 0.05) is 50.2 Å². The maximum absolute atomic E-state index is 13.8. The summed E-state index contributed by atoms with van der Waals surface area (Å²) in [6, 6.07) is 2.95. The minimum absolute atomic E-state index is 0.0175. The molecule has 1 unspecified atom stereocenters. The number of carbonyl (C=O) groups excluding carboxylic acids is 1. The van der Waals surface area contributed by atoms with Gasteiger partial charge in [-0.3, -0.25) is 4.79 Å². The first-order valence-corrected chi connectivity index (χ1v) is 17.9. The van der Waals surface area contributed by atoms with Gasteiger partial charge in [0.2, 0.25) is 21.0 Å². The lowest BCUT2D eigenvalue weighted by Gasteiger charge is -2.43. The number of likely N-dealkylation sites (tertiary alicyclic amines) is 1. The number of benzene rings is 1. The first kappa shape index (κ1) is 32.6. The highest BCUT2D eigenvalue weighted by molar-refractivity contribution is 7.89. The van der Waals surface area contributed by atoms with Crippen LogP contribution in [0.3, 0.4) is 0 Å². The van der Waals surface area contributed by atoms with Crippen LogP contribution < -0.4 is 14.4 Å². The molecule has 1 atom stereocenters. The van der Waals surface area contributed by atoms with E-state index in [1.54, 1.807) is 4.90 Å². The summed E-state index contributed by atoms with van der Waals surface area (Å²) in [6.45, 7) is 10.4. The van der Waals surface area contributed by atoms with Crippen molar-refractivity contribution in [2.24, 2.45) is 0 Å². The highest BCUT2D eigenvalue weighted by Gasteiger charge is 2.42. The quantitative estimate of drug-likeness (QED) is 0.342. The molecule has 3 aliphatic rings. The van der Waals surface area contributed by atoms with E-state index < -0.39 is 44.6 Å². The lowest BCUT2D eigenvalue weighted by Crippen LogP contribution is -2.54. The zero-order valence-corrected chi connectivity index (χ0v) is 29.0. The number of nitrogens with zero attached hydrogens (tertiary/aromatic N) is 7. The van der Waals surface area contributed by atoms with Crippen molar-refractivity contribution in [1.29, 1.82) is 0 Å². The van der Waals surface area contributed by atoms with Crippen LogP contribution in [0.2, 0.25) is 0 Å². The lowest BCUT2D eigenvalue weighted by atomic mass is 9.89. The first-order valence-electron chi connectivity index (χ1n) is 16.1. The fraction of sp³-hybridized carbons (Fsp3) is 0.667. The summed E-state index contributed by atoms with van der Waals surface area (Å²) < 4.78 is 74.7. The molecule has 47 heavy (non-hydrogen) atoms. The van der Waals surface area contributed by atoms with Gasteiger partial charge in [0.15, 0.2) is 5.01 Å². The van der Waals surface area contributed by atoms with Gasteiger partial charge < -0.3 is 24.5 Å². The Hall–Kier alpha value is -2.99. The van der Waals surface area contributed by atoms with Crippen LogP contribution in [0.1, 0.15) is 73.1 Å². The Bertz CT molecular complexity index is 1830. The molecule has 0 spiro atoms. The number of nitrogens with one attached hydrogen (secondary N) is 1. The van der Waals surface area contributed by atoms with Gasteiger partial charge in [-0.05, 0) is 73.1 Å². The fourth-order valence-corrected chi connectivity index (χ4v) is 8.09. The summed E-state index contributed by atoms with van der Waals surface area (Å²) in [4.78, 5) is 18.4. The first-order chi connectivity index (χ1) is 22.2. The third kappa shape index (κ3) is 6.82. The molecule has 3 fully saturated rings. The van der Waals surface area contributed by atoms with Gasteiger partial charge in [-0.15, -0.1) is 15.3 Å². The molecule has 2 aliphatic heterocycles. The molecule has 1 aliphatic carbocycles. The van der Waals surface area contributed by atoms with E-state index in [2.05, 4.69) is 24.9 Å². The number of rotatable bonds is 9. The molecule has 258 valence electrons. The van der Waals surface area contributed by atoms with Crippen molar-refractivity contribution in [3.8, 4) is 11.0 Å². The number of piperazine rings is 1. The van der Waals surface area contributed by atoms with E-state index in [0.29, 0.717) is 54.6 Å². The van der Waals surface area contributed by atoms with Crippen molar-refractivity contribution < 1.29 is 33.2 Å². The van der Waals surface area contributed by atoms with Gasteiger partial charge >= 0.3 is 0 Å². The molecule has 3 aromatic rings. The van der Waals surface area contributed by atoms with Crippen LogP contribution in [0, 0.1) is 0 Å². The van der Waals surface area contributed by atoms with E-state index >= 15 is 0 Å². The summed E-state index contributed by atoms with van der Waals surface area (Å²) in [5, 5.41) is 22.4. The van der Waals surface area contributed by atoms with E-state index in [1.165, 1.54) is 30.7 Å². The summed E-state index contributed by atoms with van der Waals surface area (Å²) >= 11 is 0.621. The van der Waals surface area contributed by atoms with Gasteiger partial charge in [0.1, 0.15) is 11.7 Å². The number of fused-ring (bicyclic) bond motifs is 1. The number of aliphatic hydroxyl groups is 1. The minimum Gasteiger partial charge on any atom is -0.473 e. The maximum Gasteiger partial charge on any atom is 0.291 e. The van der Waals surface area contributed by atoms with Crippen LogP contribution in [-0.2, 0) is 14.8 Å². The highest BCUT2D eigenvalue weighted by Crippen LogP contribution is 2.42. The Kier molecular flexibility index (Phi) is 8.21. The van der Waals surface area contributed by atoms with Crippen LogP contribution in [0.15, 0.2) is 17.0 Å². The lowest BCUT2D eigenvalue weighted by molar-refractivity contribution is -0.148. The molecule has 2 N–H and O–H groups in total. The van der Waals surface area contributed by atoms with Crippen LogP contribution in [0.25, 0.3) is 16.0 Å². The van der Waals surface area contributed by atoms with Gasteiger partial charge in [0.25, 0.3) is 12.3 Å². The maximum atomic E-state index is 13.8. The molecule has 0 radical (unpaired) electrons. The smallest absolute Gasteiger partial charge is 0.291 e. The minimum atomic E-state index is -4.06. The summed E-state index contributed by atoms with van der Waals surface area (Å²) in [5.74, 6) is -0.389. The molecular weight excluding hydrogens is 655 g/mol. The van der Waals surface area contributed by atoms with Gasteiger partial charge in [-0.1, -0.05) is 11.3 Å². The number of amides is 1. The number of sulfonamides is 1. The van der Waals surface area contributed by atoms with Crippen molar-refractivity contribution in [1.82, 2.24) is 34.5 Å². The number of aromatic nitrogens is 4. The Morgan fingerprint density at radius 3 is 2.43 bits per heavy atom. The third-order valence-corrected chi connectivity index (χ3v) is 11.8. The van der Waals surface area contributed by atoms with E-state index in [9.17, 15) is 28.5 Å². The molecule has 4 heterocycles. The van der Waals surface area contributed by atoms with Crippen LogP contribution in [-0.4, -0.2) is 112 Å².